The minimum Gasteiger partial charge on any atom is -0.350 e. The average molecular weight is 213 g/mol. The van der Waals surface area contributed by atoms with Crippen molar-refractivity contribution in [2.24, 2.45) is 7.05 Å². The van der Waals surface area contributed by atoms with Crippen LogP contribution in [0.15, 0.2) is 30.5 Å². The summed E-state index contributed by atoms with van der Waals surface area (Å²) in [7, 11) is 1.89. The van der Waals surface area contributed by atoms with Crippen molar-refractivity contribution in [1.82, 2.24) is 9.88 Å². The maximum absolute atomic E-state index is 11.8. The van der Waals surface area contributed by atoms with Crippen molar-refractivity contribution < 1.29 is 4.79 Å². The van der Waals surface area contributed by atoms with E-state index in [1.807, 2.05) is 41.9 Å². The summed E-state index contributed by atoms with van der Waals surface area (Å²) in [4.78, 5) is 11.8. The van der Waals surface area contributed by atoms with Crippen LogP contribution in [0.4, 0.5) is 0 Å². The number of fused-ring (bicyclic) bond motifs is 1. The van der Waals surface area contributed by atoms with Gasteiger partial charge in [-0.3, -0.25) is 4.79 Å². The Labute approximate surface area is 93.1 Å². The largest absolute Gasteiger partial charge is 0.350 e. The molecule has 0 bridgehead atoms. The summed E-state index contributed by atoms with van der Waals surface area (Å²) in [6.45, 7) is 0.0298. The first kappa shape index (κ1) is 10.2. The molecule has 0 aliphatic rings. The second-order valence-corrected chi connectivity index (χ2v) is 3.51. The standard InChI is InChI=1S/C12H11N3O/c1-15-8-10(12(16)14-7-6-13)9-4-2-3-5-11(9)15/h2-5,8H,7H2,1H3,(H,14,16). The van der Waals surface area contributed by atoms with Crippen LogP contribution in [-0.2, 0) is 7.05 Å². The minimum atomic E-state index is -0.210. The molecule has 0 aliphatic heterocycles. The fourth-order valence-electron chi connectivity index (χ4n) is 1.74. The third-order valence-electron chi connectivity index (χ3n) is 2.47. The number of nitrogens with one attached hydrogen (secondary N) is 1. The zero-order valence-corrected chi connectivity index (χ0v) is 8.90. The van der Waals surface area contributed by atoms with E-state index in [-0.39, 0.29) is 12.5 Å². The Balaban J connectivity index is 2.46. The molecule has 0 fully saturated rings. The fraction of sp³-hybridized carbons (Fsp3) is 0.167. The number of para-hydroxylation sites is 1. The lowest BCUT2D eigenvalue weighted by atomic mass is 10.1. The van der Waals surface area contributed by atoms with Gasteiger partial charge in [-0.05, 0) is 6.07 Å². The first-order valence-corrected chi connectivity index (χ1v) is 4.93. The molecule has 1 amide bonds. The maximum Gasteiger partial charge on any atom is 0.254 e. The number of carbonyl (C=O) groups excluding carboxylic acids is 1. The van der Waals surface area contributed by atoms with Gasteiger partial charge in [-0.1, -0.05) is 18.2 Å². The number of nitriles is 1. The summed E-state index contributed by atoms with van der Waals surface area (Å²) in [6, 6.07) is 9.56. The first-order valence-electron chi connectivity index (χ1n) is 4.93. The number of amides is 1. The second kappa shape index (κ2) is 4.07. The van der Waals surface area contributed by atoms with Gasteiger partial charge in [-0.15, -0.1) is 0 Å². The highest BCUT2D eigenvalue weighted by molar-refractivity contribution is 6.07. The van der Waals surface area contributed by atoms with Gasteiger partial charge in [-0.25, -0.2) is 0 Å². The fourth-order valence-corrected chi connectivity index (χ4v) is 1.74. The summed E-state index contributed by atoms with van der Waals surface area (Å²) in [5, 5.41) is 11.9. The molecule has 0 spiro atoms. The van der Waals surface area contributed by atoms with Gasteiger partial charge in [0.2, 0.25) is 0 Å². The van der Waals surface area contributed by atoms with Gasteiger partial charge in [0.15, 0.2) is 0 Å². The molecule has 0 saturated carbocycles. The van der Waals surface area contributed by atoms with Crippen molar-refractivity contribution in [2.45, 2.75) is 0 Å². The molecular weight excluding hydrogens is 202 g/mol. The van der Waals surface area contributed by atoms with Crippen LogP contribution >= 0.6 is 0 Å². The summed E-state index contributed by atoms with van der Waals surface area (Å²) in [5.74, 6) is -0.210. The quantitative estimate of drug-likeness (QED) is 0.767. The highest BCUT2D eigenvalue weighted by atomic mass is 16.1. The molecule has 1 N–H and O–H groups in total. The molecular formula is C12H11N3O. The van der Waals surface area contributed by atoms with Crippen LogP contribution in [0.1, 0.15) is 10.4 Å². The molecule has 0 saturated heterocycles. The number of aromatic nitrogens is 1. The lowest BCUT2D eigenvalue weighted by Crippen LogP contribution is -2.23. The molecule has 0 aliphatic carbocycles. The van der Waals surface area contributed by atoms with Crippen LogP contribution in [0.5, 0.6) is 0 Å². The monoisotopic (exact) mass is 213 g/mol. The number of aryl methyl sites for hydroxylation is 1. The third kappa shape index (κ3) is 1.63. The molecule has 4 nitrogen and oxygen atoms in total. The third-order valence-corrected chi connectivity index (χ3v) is 2.47. The lowest BCUT2D eigenvalue weighted by Gasteiger charge is -1.98. The lowest BCUT2D eigenvalue weighted by molar-refractivity contribution is 0.0960. The van der Waals surface area contributed by atoms with E-state index in [2.05, 4.69) is 5.32 Å². The Morgan fingerprint density at radius 3 is 3.00 bits per heavy atom. The maximum atomic E-state index is 11.8. The van der Waals surface area contributed by atoms with E-state index in [1.165, 1.54) is 0 Å². The molecule has 0 atom stereocenters. The highest BCUT2D eigenvalue weighted by Crippen LogP contribution is 2.19. The molecule has 16 heavy (non-hydrogen) atoms. The zero-order chi connectivity index (χ0) is 11.5. The van der Waals surface area contributed by atoms with Crippen molar-refractivity contribution in [2.75, 3.05) is 6.54 Å². The summed E-state index contributed by atoms with van der Waals surface area (Å²) in [5.41, 5.74) is 1.61. The molecule has 2 rings (SSSR count). The predicted molar refractivity (Wildman–Crippen MR) is 60.9 cm³/mol. The van der Waals surface area contributed by atoms with Crippen molar-refractivity contribution in [1.29, 1.82) is 5.26 Å². The number of hydrogen-bond acceptors (Lipinski definition) is 2. The Bertz CT molecular complexity index is 577. The van der Waals surface area contributed by atoms with Crippen LogP contribution in [0.2, 0.25) is 0 Å². The van der Waals surface area contributed by atoms with E-state index >= 15 is 0 Å². The number of carbonyl (C=O) groups is 1. The molecule has 1 heterocycles. The summed E-state index contributed by atoms with van der Waals surface area (Å²) in [6.07, 6.45) is 1.78. The summed E-state index contributed by atoms with van der Waals surface area (Å²) >= 11 is 0. The van der Waals surface area contributed by atoms with Crippen LogP contribution in [0.3, 0.4) is 0 Å². The van der Waals surface area contributed by atoms with Gasteiger partial charge in [-0.2, -0.15) is 5.26 Å². The van der Waals surface area contributed by atoms with E-state index in [4.69, 9.17) is 5.26 Å². The van der Waals surface area contributed by atoms with E-state index in [0.29, 0.717) is 5.56 Å². The predicted octanol–water partition coefficient (Wildman–Crippen LogP) is 1.43. The van der Waals surface area contributed by atoms with E-state index in [0.717, 1.165) is 10.9 Å². The van der Waals surface area contributed by atoms with Gasteiger partial charge in [0.05, 0.1) is 11.6 Å². The van der Waals surface area contributed by atoms with Crippen molar-refractivity contribution in [3.63, 3.8) is 0 Å². The Morgan fingerprint density at radius 1 is 1.50 bits per heavy atom. The Morgan fingerprint density at radius 2 is 2.25 bits per heavy atom. The summed E-state index contributed by atoms with van der Waals surface area (Å²) < 4.78 is 1.90. The molecule has 2 aromatic rings. The molecule has 0 radical (unpaired) electrons. The molecule has 80 valence electrons. The van der Waals surface area contributed by atoms with E-state index in [1.54, 1.807) is 6.20 Å². The first-order chi connectivity index (χ1) is 7.74. The molecule has 0 unspecified atom stereocenters. The normalized spacial score (nSPS) is 10.0. The van der Waals surface area contributed by atoms with Gasteiger partial charge < -0.3 is 9.88 Å². The van der Waals surface area contributed by atoms with Crippen molar-refractivity contribution in [3.05, 3.63) is 36.0 Å². The number of nitrogens with zero attached hydrogens (tertiary/aromatic N) is 2. The van der Waals surface area contributed by atoms with E-state index in [9.17, 15) is 4.79 Å². The molecule has 1 aromatic heterocycles. The molecule has 4 heteroatoms. The zero-order valence-electron chi connectivity index (χ0n) is 8.90. The SMILES string of the molecule is Cn1cc(C(=O)NCC#N)c2ccccc21. The van der Waals surface area contributed by atoms with Crippen LogP contribution in [0.25, 0.3) is 10.9 Å². The topological polar surface area (TPSA) is 57.8 Å². The average Bonchev–Trinajstić information content (AvgIpc) is 2.65. The van der Waals surface area contributed by atoms with Crippen molar-refractivity contribution in [3.8, 4) is 6.07 Å². The van der Waals surface area contributed by atoms with Crippen molar-refractivity contribution >= 4 is 16.8 Å². The second-order valence-electron chi connectivity index (χ2n) is 3.51. The van der Waals surface area contributed by atoms with Crippen LogP contribution in [0, 0.1) is 11.3 Å². The number of hydrogen-bond donors (Lipinski definition) is 1. The van der Waals surface area contributed by atoms with Gasteiger partial charge in [0.25, 0.3) is 5.91 Å². The minimum absolute atomic E-state index is 0.0298. The Kier molecular flexibility index (Phi) is 2.61. The van der Waals surface area contributed by atoms with Gasteiger partial charge in [0.1, 0.15) is 6.54 Å². The van der Waals surface area contributed by atoms with Gasteiger partial charge >= 0.3 is 0 Å². The smallest absolute Gasteiger partial charge is 0.254 e. The number of rotatable bonds is 2. The van der Waals surface area contributed by atoms with Crippen LogP contribution in [-0.4, -0.2) is 17.0 Å². The van der Waals surface area contributed by atoms with E-state index < -0.39 is 0 Å². The molecule has 1 aromatic carbocycles. The van der Waals surface area contributed by atoms with Crippen LogP contribution < -0.4 is 5.32 Å². The number of benzene rings is 1. The highest BCUT2D eigenvalue weighted by Gasteiger charge is 2.12. The Hall–Kier alpha value is -2.28. The van der Waals surface area contributed by atoms with Gasteiger partial charge in [0, 0.05) is 24.1 Å².